The first-order valence-electron chi connectivity index (χ1n) is 5.98. The van der Waals surface area contributed by atoms with Crippen molar-refractivity contribution < 1.29 is 9.90 Å². The highest BCUT2D eigenvalue weighted by molar-refractivity contribution is 5.95. The number of aromatic nitrogens is 1. The van der Waals surface area contributed by atoms with Crippen LogP contribution in [0.1, 0.15) is 34.6 Å². The molecular formula is C13H18N2O2. The van der Waals surface area contributed by atoms with Crippen molar-refractivity contribution in [2.24, 2.45) is 5.92 Å². The molecular weight excluding hydrogens is 216 g/mol. The molecule has 1 amide bonds. The lowest BCUT2D eigenvalue weighted by atomic mass is 10.1. The van der Waals surface area contributed by atoms with Crippen molar-refractivity contribution in [1.29, 1.82) is 0 Å². The second-order valence-corrected chi connectivity index (χ2v) is 4.70. The molecule has 4 nitrogen and oxygen atoms in total. The molecule has 2 N–H and O–H groups in total. The zero-order valence-corrected chi connectivity index (χ0v) is 10.2. The van der Waals surface area contributed by atoms with Crippen LogP contribution in [0.25, 0.3) is 0 Å². The second-order valence-electron chi connectivity index (χ2n) is 4.70. The monoisotopic (exact) mass is 234 g/mol. The summed E-state index contributed by atoms with van der Waals surface area (Å²) in [6.45, 7) is 4.04. The summed E-state index contributed by atoms with van der Waals surface area (Å²) in [5, 5.41) is 12.4. The van der Waals surface area contributed by atoms with E-state index < -0.39 is 6.10 Å². The van der Waals surface area contributed by atoms with Crippen LogP contribution in [0.3, 0.4) is 0 Å². The summed E-state index contributed by atoms with van der Waals surface area (Å²) in [4.78, 5) is 16.1. The normalized spacial score (nSPS) is 16.6. The van der Waals surface area contributed by atoms with Crippen LogP contribution in [0.5, 0.6) is 0 Å². The fraction of sp³-hybridized carbons (Fsp3) is 0.538. The number of amides is 1. The van der Waals surface area contributed by atoms with E-state index in [1.807, 2.05) is 19.9 Å². The van der Waals surface area contributed by atoms with E-state index in [0.29, 0.717) is 18.0 Å². The lowest BCUT2D eigenvalue weighted by Crippen LogP contribution is -2.33. The first kappa shape index (κ1) is 12.0. The van der Waals surface area contributed by atoms with Gasteiger partial charge in [0.15, 0.2) is 0 Å². The number of rotatable bonds is 4. The minimum atomic E-state index is -0.405. The van der Waals surface area contributed by atoms with Crippen LogP contribution in [0.15, 0.2) is 12.1 Å². The van der Waals surface area contributed by atoms with Crippen LogP contribution in [0, 0.1) is 19.8 Å². The Hall–Kier alpha value is -1.42. The van der Waals surface area contributed by atoms with Crippen molar-refractivity contribution in [1.82, 2.24) is 10.3 Å². The molecule has 1 fully saturated rings. The number of aryl methyl sites for hydroxylation is 2. The van der Waals surface area contributed by atoms with Gasteiger partial charge < -0.3 is 10.4 Å². The molecule has 0 spiro atoms. The highest BCUT2D eigenvalue weighted by Crippen LogP contribution is 2.32. The largest absolute Gasteiger partial charge is 0.391 e. The van der Waals surface area contributed by atoms with Crippen molar-refractivity contribution in [3.8, 4) is 0 Å². The smallest absolute Gasteiger partial charge is 0.253 e. The van der Waals surface area contributed by atoms with Gasteiger partial charge in [0, 0.05) is 12.2 Å². The Kier molecular flexibility index (Phi) is 3.43. The van der Waals surface area contributed by atoms with Crippen molar-refractivity contribution in [3.63, 3.8) is 0 Å². The summed E-state index contributed by atoms with van der Waals surface area (Å²) in [5.74, 6) is 0.224. The number of carbonyl (C=O) groups excluding carboxylic acids is 1. The van der Waals surface area contributed by atoms with Crippen LogP contribution in [-0.2, 0) is 0 Å². The number of aliphatic hydroxyl groups excluding tert-OH is 1. The molecule has 1 aromatic rings. The predicted octanol–water partition coefficient (Wildman–Crippen LogP) is 1.20. The third-order valence-corrected chi connectivity index (χ3v) is 3.11. The third kappa shape index (κ3) is 3.03. The molecule has 1 saturated carbocycles. The van der Waals surface area contributed by atoms with Crippen LogP contribution in [-0.4, -0.2) is 28.6 Å². The van der Waals surface area contributed by atoms with Crippen LogP contribution in [0.4, 0.5) is 0 Å². The highest BCUT2D eigenvalue weighted by atomic mass is 16.3. The van der Waals surface area contributed by atoms with E-state index >= 15 is 0 Å². The first-order valence-corrected chi connectivity index (χ1v) is 5.98. The summed E-state index contributed by atoms with van der Waals surface area (Å²) in [6.07, 6.45) is 1.74. The number of nitrogens with zero attached hydrogens (tertiary/aromatic N) is 1. The van der Waals surface area contributed by atoms with E-state index in [0.717, 1.165) is 24.2 Å². The summed E-state index contributed by atoms with van der Waals surface area (Å²) in [5.41, 5.74) is 2.21. The van der Waals surface area contributed by atoms with Gasteiger partial charge in [0.05, 0.1) is 17.4 Å². The molecule has 1 atom stereocenters. The molecule has 0 aromatic carbocycles. The average molecular weight is 234 g/mol. The zero-order valence-electron chi connectivity index (χ0n) is 10.2. The predicted molar refractivity (Wildman–Crippen MR) is 64.8 cm³/mol. The van der Waals surface area contributed by atoms with E-state index in [9.17, 15) is 9.90 Å². The lowest BCUT2D eigenvalue weighted by Gasteiger charge is -2.11. The van der Waals surface area contributed by atoms with Crippen molar-refractivity contribution >= 4 is 5.91 Å². The van der Waals surface area contributed by atoms with Crippen molar-refractivity contribution in [2.45, 2.75) is 32.8 Å². The molecule has 92 valence electrons. The van der Waals surface area contributed by atoms with Gasteiger partial charge in [0.25, 0.3) is 5.91 Å². The Bertz CT molecular complexity index is 427. The molecule has 2 rings (SSSR count). The molecule has 1 aliphatic rings. The molecule has 0 saturated heterocycles. The Morgan fingerprint density at radius 1 is 1.53 bits per heavy atom. The van der Waals surface area contributed by atoms with Crippen molar-refractivity contribution in [2.75, 3.05) is 6.54 Å². The molecule has 1 heterocycles. The Morgan fingerprint density at radius 3 is 2.82 bits per heavy atom. The van der Waals surface area contributed by atoms with Gasteiger partial charge in [-0.1, -0.05) is 0 Å². The van der Waals surface area contributed by atoms with E-state index in [1.165, 1.54) is 0 Å². The maximum Gasteiger partial charge on any atom is 0.253 e. The number of pyridine rings is 1. The van der Waals surface area contributed by atoms with Gasteiger partial charge in [-0.25, -0.2) is 0 Å². The van der Waals surface area contributed by atoms with Gasteiger partial charge in [0.1, 0.15) is 0 Å². The summed E-state index contributed by atoms with van der Waals surface area (Å²) in [6, 6.07) is 3.59. The van der Waals surface area contributed by atoms with E-state index in [4.69, 9.17) is 0 Å². The maximum atomic E-state index is 11.9. The van der Waals surface area contributed by atoms with Crippen LogP contribution in [0.2, 0.25) is 0 Å². The standard InChI is InChI=1S/C13H18N2O2/c1-8-3-6-11(9(2)15-8)13(17)14-7-12(16)10-4-5-10/h3,6,10,12,16H,4-5,7H2,1-2H3,(H,14,17). The van der Waals surface area contributed by atoms with E-state index in [-0.39, 0.29) is 5.91 Å². The lowest BCUT2D eigenvalue weighted by molar-refractivity contribution is 0.0900. The molecule has 1 aromatic heterocycles. The van der Waals surface area contributed by atoms with Crippen LogP contribution < -0.4 is 5.32 Å². The number of hydrogen-bond acceptors (Lipinski definition) is 3. The van der Waals surface area contributed by atoms with Gasteiger partial charge in [-0.05, 0) is 44.7 Å². The average Bonchev–Trinajstić information content (AvgIpc) is 3.09. The Balaban J connectivity index is 1.94. The quantitative estimate of drug-likeness (QED) is 0.823. The third-order valence-electron chi connectivity index (χ3n) is 3.11. The minimum absolute atomic E-state index is 0.158. The molecule has 0 radical (unpaired) electrons. The zero-order chi connectivity index (χ0) is 12.4. The first-order chi connectivity index (χ1) is 8.08. The summed E-state index contributed by atoms with van der Waals surface area (Å²) >= 11 is 0. The van der Waals surface area contributed by atoms with E-state index in [2.05, 4.69) is 10.3 Å². The van der Waals surface area contributed by atoms with Gasteiger partial charge in [0.2, 0.25) is 0 Å². The van der Waals surface area contributed by atoms with Gasteiger partial charge >= 0.3 is 0 Å². The van der Waals surface area contributed by atoms with E-state index in [1.54, 1.807) is 6.07 Å². The molecule has 1 aliphatic carbocycles. The number of carbonyl (C=O) groups is 1. The second kappa shape index (κ2) is 4.84. The van der Waals surface area contributed by atoms with Gasteiger partial charge in [-0.2, -0.15) is 0 Å². The topological polar surface area (TPSA) is 62.2 Å². The van der Waals surface area contributed by atoms with Crippen molar-refractivity contribution in [3.05, 3.63) is 29.1 Å². The van der Waals surface area contributed by atoms with Gasteiger partial charge in [-0.15, -0.1) is 0 Å². The van der Waals surface area contributed by atoms with Crippen LogP contribution >= 0.6 is 0 Å². The highest BCUT2D eigenvalue weighted by Gasteiger charge is 2.29. The number of aliphatic hydroxyl groups is 1. The SMILES string of the molecule is Cc1ccc(C(=O)NCC(O)C2CC2)c(C)n1. The van der Waals surface area contributed by atoms with Gasteiger partial charge in [-0.3, -0.25) is 9.78 Å². The number of nitrogens with one attached hydrogen (secondary N) is 1. The fourth-order valence-corrected chi connectivity index (χ4v) is 1.87. The number of hydrogen-bond donors (Lipinski definition) is 2. The maximum absolute atomic E-state index is 11.9. The Labute approximate surface area is 101 Å². The summed E-state index contributed by atoms with van der Waals surface area (Å²) < 4.78 is 0. The fourth-order valence-electron chi connectivity index (χ4n) is 1.87. The molecule has 0 bridgehead atoms. The summed E-state index contributed by atoms with van der Waals surface area (Å²) in [7, 11) is 0. The minimum Gasteiger partial charge on any atom is -0.391 e. The molecule has 0 aliphatic heterocycles. The molecule has 1 unspecified atom stereocenters. The molecule has 17 heavy (non-hydrogen) atoms. The Morgan fingerprint density at radius 2 is 2.24 bits per heavy atom. The molecule has 4 heteroatoms.